The van der Waals surface area contributed by atoms with Crippen molar-refractivity contribution in [3.63, 3.8) is 0 Å². The molecule has 3 rings (SSSR count). The summed E-state index contributed by atoms with van der Waals surface area (Å²) in [6.45, 7) is 4.34. The Kier molecular flexibility index (Phi) is 2.93. The van der Waals surface area contributed by atoms with E-state index in [9.17, 15) is 0 Å². The minimum atomic E-state index is 1.02. The van der Waals surface area contributed by atoms with Gasteiger partial charge in [-0.25, -0.2) is 0 Å². The number of aromatic nitrogens is 2. The van der Waals surface area contributed by atoms with Crippen LogP contribution in [0.25, 0.3) is 20.0 Å². The maximum Gasteiger partial charge on any atom is 0.0895 e. The van der Waals surface area contributed by atoms with Crippen molar-refractivity contribution in [1.29, 1.82) is 0 Å². The SMILES string of the molecule is Cc1c(Br)sc2sc(-c3[nH]ncc3Br)c(C)c12. The molecule has 0 radical (unpaired) electrons. The van der Waals surface area contributed by atoms with Crippen molar-refractivity contribution in [3.8, 4) is 10.6 Å². The van der Waals surface area contributed by atoms with Crippen LogP contribution in [0.15, 0.2) is 14.5 Å². The number of thiophene rings is 2. The highest BCUT2D eigenvalue weighted by atomic mass is 79.9. The molecule has 0 aliphatic rings. The summed E-state index contributed by atoms with van der Waals surface area (Å²) in [5, 5.41) is 8.49. The number of hydrogen-bond donors (Lipinski definition) is 1. The summed E-state index contributed by atoms with van der Waals surface area (Å²) in [6, 6.07) is 0. The van der Waals surface area contributed by atoms with Crippen molar-refractivity contribution in [2.75, 3.05) is 0 Å². The first kappa shape index (κ1) is 11.9. The van der Waals surface area contributed by atoms with Crippen molar-refractivity contribution in [2.45, 2.75) is 13.8 Å². The van der Waals surface area contributed by atoms with Gasteiger partial charge >= 0.3 is 0 Å². The molecule has 0 aliphatic heterocycles. The van der Waals surface area contributed by atoms with Crippen LogP contribution in [0.5, 0.6) is 0 Å². The van der Waals surface area contributed by atoms with E-state index in [2.05, 4.69) is 55.9 Å². The zero-order valence-electron chi connectivity index (χ0n) is 9.10. The predicted octanol–water partition coefficient (Wildman–Crippen LogP) is 5.49. The van der Waals surface area contributed by atoms with Gasteiger partial charge in [-0.2, -0.15) is 5.10 Å². The minimum Gasteiger partial charge on any atom is -0.276 e. The van der Waals surface area contributed by atoms with E-state index in [4.69, 9.17) is 0 Å². The summed E-state index contributed by atoms with van der Waals surface area (Å²) in [7, 11) is 0. The number of aryl methyl sites for hydroxylation is 2. The Bertz CT molecular complexity index is 709. The van der Waals surface area contributed by atoms with E-state index in [0.29, 0.717) is 0 Å². The number of hydrogen-bond acceptors (Lipinski definition) is 3. The van der Waals surface area contributed by atoms with Crippen molar-refractivity contribution < 1.29 is 0 Å². The third-order valence-corrected chi connectivity index (χ3v) is 6.95. The third-order valence-electron chi connectivity index (χ3n) is 2.79. The fraction of sp³-hybridized carbons (Fsp3) is 0.182. The highest BCUT2D eigenvalue weighted by Crippen LogP contribution is 2.46. The zero-order valence-corrected chi connectivity index (χ0v) is 13.9. The van der Waals surface area contributed by atoms with Gasteiger partial charge in [-0.3, -0.25) is 5.10 Å². The second-order valence-corrected chi connectivity index (χ2v) is 8.28. The number of nitrogens with zero attached hydrogens (tertiary/aromatic N) is 1. The van der Waals surface area contributed by atoms with Crippen molar-refractivity contribution in [1.82, 2.24) is 10.2 Å². The second kappa shape index (κ2) is 4.19. The second-order valence-electron chi connectivity index (χ2n) is 3.81. The fourth-order valence-electron chi connectivity index (χ4n) is 1.92. The molecule has 6 heteroatoms. The molecule has 0 unspecified atom stereocenters. The number of H-pyrrole nitrogens is 1. The molecule has 3 aromatic rings. The van der Waals surface area contributed by atoms with Crippen LogP contribution in [0.4, 0.5) is 0 Å². The van der Waals surface area contributed by atoms with Crippen molar-refractivity contribution in [3.05, 3.63) is 25.6 Å². The molecule has 0 amide bonds. The Hall–Kier alpha value is -0.170. The van der Waals surface area contributed by atoms with Gasteiger partial charge in [0.25, 0.3) is 0 Å². The maximum absolute atomic E-state index is 4.06. The van der Waals surface area contributed by atoms with Gasteiger partial charge in [-0.1, -0.05) is 0 Å². The largest absolute Gasteiger partial charge is 0.276 e. The van der Waals surface area contributed by atoms with E-state index < -0.39 is 0 Å². The Morgan fingerprint density at radius 2 is 1.94 bits per heavy atom. The molecule has 3 aromatic heterocycles. The molecular formula is C11H8Br2N2S2. The molecule has 0 aliphatic carbocycles. The van der Waals surface area contributed by atoms with Crippen LogP contribution in [0.3, 0.4) is 0 Å². The molecule has 0 fully saturated rings. The van der Waals surface area contributed by atoms with Crippen LogP contribution in [0.1, 0.15) is 11.1 Å². The van der Waals surface area contributed by atoms with E-state index in [1.165, 1.54) is 29.2 Å². The van der Waals surface area contributed by atoms with Gasteiger partial charge < -0.3 is 0 Å². The van der Waals surface area contributed by atoms with E-state index in [1.54, 1.807) is 17.5 Å². The molecule has 0 saturated carbocycles. The maximum atomic E-state index is 4.06. The average molecular weight is 392 g/mol. The van der Waals surface area contributed by atoms with Gasteiger partial charge in [0.2, 0.25) is 0 Å². The van der Waals surface area contributed by atoms with E-state index in [0.717, 1.165) is 10.2 Å². The average Bonchev–Trinajstić information content (AvgIpc) is 2.89. The zero-order chi connectivity index (χ0) is 12.2. The molecule has 0 saturated heterocycles. The third kappa shape index (κ3) is 1.73. The Morgan fingerprint density at radius 3 is 2.53 bits per heavy atom. The van der Waals surface area contributed by atoms with Gasteiger partial charge in [-0.05, 0) is 56.8 Å². The first-order valence-electron chi connectivity index (χ1n) is 4.96. The van der Waals surface area contributed by atoms with Gasteiger partial charge in [0.1, 0.15) is 0 Å². The van der Waals surface area contributed by atoms with Crippen LogP contribution in [0, 0.1) is 13.8 Å². The normalized spacial score (nSPS) is 11.5. The molecule has 2 nitrogen and oxygen atoms in total. The number of halogens is 2. The summed E-state index contributed by atoms with van der Waals surface area (Å²) < 4.78 is 3.62. The molecule has 0 bridgehead atoms. The standard InChI is InChI=1S/C11H8Br2N2S2/c1-4-7-5(2)10(13)17-11(7)16-9(4)8-6(12)3-14-15-8/h3H,1-2H3,(H,14,15). The first-order chi connectivity index (χ1) is 8.09. The minimum absolute atomic E-state index is 1.02. The van der Waals surface area contributed by atoms with Crippen molar-refractivity contribution >= 4 is 63.9 Å². The Labute approximate surface area is 123 Å². The van der Waals surface area contributed by atoms with Crippen molar-refractivity contribution in [2.24, 2.45) is 0 Å². The Balaban J connectivity index is 2.33. The van der Waals surface area contributed by atoms with Crippen LogP contribution in [-0.4, -0.2) is 10.2 Å². The quantitative estimate of drug-likeness (QED) is 0.583. The molecule has 0 aromatic carbocycles. The lowest BCUT2D eigenvalue weighted by atomic mass is 10.1. The molecule has 88 valence electrons. The smallest absolute Gasteiger partial charge is 0.0895 e. The molecule has 1 N–H and O–H groups in total. The molecular weight excluding hydrogens is 384 g/mol. The van der Waals surface area contributed by atoms with Gasteiger partial charge in [0.15, 0.2) is 0 Å². The lowest BCUT2D eigenvalue weighted by Crippen LogP contribution is -1.79. The first-order valence-corrected chi connectivity index (χ1v) is 8.18. The summed E-state index contributed by atoms with van der Waals surface area (Å²) in [6.07, 6.45) is 1.80. The monoisotopic (exact) mass is 390 g/mol. The summed E-state index contributed by atoms with van der Waals surface area (Å²) in [5.74, 6) is 0. The van der Waals surface area contributed by atoms with Gasteiger partial charge in [0.05, 0.1) is 29.0 Å². The molecule has 17 heavy (non-hydrogen) atoms. The lowest BCUT2D eigenvalue weighted by molar-refractivity contribution is 1.10. The predicted molar refractivity (Wildman–Crippen MR) is 82.2 cm³/mol. The van der Waals surface area contributed by atoms with Gasteiger partial charge in [0, 0.05) is 5.39 Å². The number of aromatic amines is 1. The number of rotatable bonds is 1. The number of fused-ring (bicyclic) bond motifs is 1. The lowest BCUT2D eigenvalue weighted by Gasteiger charge is -1.97. The summed E-state index contributed by atoms with van der Waals surface area (Å²) >= 11 is 10.7. The van der Waals surface area contributed by atoms with Crippen LogP contribution < -0.4 is 0 Å². The van der Waals surface area contributed by atoms with Gasteiger partial charge in [-0.15, -0.1) is 22.7 Å². The molecule has 0 atom stereocenters. The topological polar surface area (TPSA) is 28.7 Å². The van der Waals surface area contributed by atoms with E-state index in [-0.39, 0.29) is 0 Å². The van der Waals surface area contributed by atoms with Crippen LogP contribution >= 0.6 is 54.5 Å². The molecule has 0 spiro atoms. The van der Waals surface area contributed by atoms with Crippen LogP contribution in [-0.2, 0) is 0 Å². The Morgan fingerprint density at radius 1 is 1.18 bits per heavy atom. The summed E-state index contributed by atoms with van der Waals surface area (Å²) in [4.78, 5) is 1.27. The van der Waals surface area contributed by atoms with E-state index >= 15 is 0 Å². The highest BCUT2D eigenvalue weighted by molar-refractivity contribution is 9.11. The number of nitrogens with one attached hydrogen (secondary N) is 1. The highest BCUT2D eigenvalue weighted by Gasteiger charge is 2.18. The fourth-order valence-corrected chi connectivity index (χ4v) is 6.04. The molecule has 3 heterocycles. The van der Waals surface area contributed by atoms with E-state index in [1.807, 2.05) is 11.3 Å². The van der Waals surface area contributed by atoms with Crippen LogP contribution in [0.2, 0.25) is 0 Å². The summed E-state index contributed by atoms with van der Waals surface area (Å²) in [5.41, 5.74) is 3.74.